The first-order chi connectivity index (χ1) is 9.48. The summed E-state index contributed by atoms with van der Waals surface area (Å²) in [6.45, 7) is 4.48. The summed E-state index contributed by atoms with van der Waals surface area (Å²) in [4.78, 5) is 3.09. The standard InChI is InChI=1S/C13H18N2O3S2/c1-3-18-11-7-5-6-10-12(11)14-13(19)15(10)8-9-20(16,17)4-2/h5-7H,3-4,8-9H2,1-2H3,(H,14,19). The van der Waals surface area contributed by atoms with Gasteiger partial charge in [0.15, 0.2) is 14.6 Å². The van der Waals surface area contributed by atoms with Crippen LogP contribution in [0.25, 0.3) is 11.0 Å². The van der Waals surface area contributed by atoms with E-state index >= 15 is 0 Å². The molecule has 1 aromatic heterocycles. The van der Waals surface area contributed by atoms with Crippen LogP contribution in [0.4, 0.5) is 0 Å². The molecule has 0 atom stereocenters. The molecule has 1 heterocycles. The van der Waals surface area contributed by atoms with E-state index in [4.69, 9.17) is 17.0 Å². The highest BCUT2D eigenvalue weighted by atomic mass is 32.2. The van der Waals surface area contributed by atoms with Crippen LogP contribution in [-0.4, -0.2) is 36.1 Å². The van der Waals surface area contributed by atoms with Crippen LogP contribution >= 0.6 is 12.2 Å². The summed E-state index contributed by atoms with van der Waals surface area (Å²) in [5.41, 5.74) is 1.68. The number of rotatable bonds is 6. The average molecular weight is 314 g/mol. The molecule has 110 valence electrons. The molecule has 2 rings (SSSR count). The zero-order chi connectivity index (χ0) is 14.8. The van der Waals surface area contributed by atoms with Crippen molar-refractivity contribution in [2.24, 2.45) is 0 Å². The minimum atomic E-state index is -3.01. The maximum atomic E-state index is 11.6. The van der Waals surface area contributed by atoms with E-state index in [1.807, 2.05) is 25.1 Å². The zero-order valence-corrected chi connectivity index (χ0v) is 13.2. The minimum Gasteiger partial charge on any atom is -0.492 e. The number of H-pyrrole nitrogens is 1. The highest BCUT2D eigenvalue weighted by Crippen LogP contribution is 2.25. The number of aromatic nitrogens is 2. The summed E-state index contributed by atoms with van der Waals surface area (Å²) in [7, 11) is -3.01. The van der Waals surface area contributed by atoms with Crippen molar-refractivity contribution in [1.82, 2.24) is 9.55 Å². The normalized spacial score (nSPS) is 11.9. The fraction of sp³-hybridized carbons (Fsp3) is 0.462. The number of aromatic amines is 1. The number of ether oxygens (including phenoxy) is 1. The van der Waals surface area contributed by atoms with Crippen molar-refractivity contribution >= 4 is 33.1 Å². The van der Waals surface area contributed by atoms with Crippen LogP contribution in [0, 0.1) is 4.77 Å². The van der Waals surface area contributed by atoms with Crippen molar-refractivity contribution in [2.75, 3.05) is 18.1 Å². The van der Waals surface area contributed by atoms with Gasteiger partial charge in [-0.15, -0.1) is 0 Å². The SMILES string of the molecule is CCOc1cccc2c1[nH]c(=S)n2CCS(=O)(=O)CC. The summed E-state index contributed by atoms with van der Waals surface area (Å²) in [5.74, 6) is 0.962. The Bertz CT molecular complexity index is 760. The topological polar surface area (TPSA) is 64.1 Å². The minimum absolute atomic E-state index is 0.0869. The summed E-state index contributed by atoms with van der Waals surface area (Å²) < 4.78 is 31.1. The van der Waals surface area contributed by atoms with Crippen LogP contribution in [0.3, 0.4) is 0 Å². The first kappa shape index (κ1) is 15.1. The summed E-state index contributed by atoms with van der Waals surface area (Å²) in [5, 5.41) is 0. The van der Waals surface area contributed by atoms with Crippen LogP contribution < -0.4 is 4.74 Å². The van der Waals surface area contributed by atoms with Gasteiger partial charge in [-0.2, -0.15) is 0 Å². The van der Waals surface area contributed by atoms with Crippen molar-refractivity contribution in [3.05, 3.63) is 23.0 Å². The van der Waals surface area contributed by atoms with E-state index in [0.717, 1.165) is 16.8 Å². The quantitative estimate of drug-likeness (QED) is 0.832. The van der Waals surface area contributed by atoms with Gasteiger partial charge in [-0.05, 0) is 31.3 Å². The summed E-state index contributed by atoms with van der Waals surface area (Å²) in [6.07, 6.45) is 0. The van der Waals surface area contributed by atoms with Gasteiger partial charge in [0, 0.05) is 12.3 Å². The third-order valence-electron chi connectivity index (χ3n) is 3.14. The first-order valence-corrected chi connectivity index (χ1v) is 8.76. The molecule has 2 aromatic rings. The van der Waals surface area contributed by atoms with Gasteiger partial charge in [0.25, 0.3) is 0 Å². The molecule has 0 amide bonds. The average Bonchev–Trinajstić information content (AvgIpc) is 2.74. The Kier molecular flexibility index (Phi) is 4.49. The molecule has 20 heavy (non-hydrogen) atoms. The lowest BCUT2D eigenvalue weighted by molar-refractivity contribution is 0.343. The van der Waals surface area contributed by atoms with Crippen LogP contribution in [0.15, 0.2) is 18.2 Å². The monoisotopic (exact) mass is 314 g/mol. The third kappa shape index (κ3) is 3.04. The second-order valence-corrected chi connectivity index (χ2v) is 7.26. The largest absolute Gasteiger partial charge is 0.492 e. The molecule has 1 N–H and O–H groups in total. The van der Waals surface area contributed by atoms with Crippen molar-refractivity contribution in [2.45, 2.75) is 20.4 Å². The van der Waals surface area contributed by atoms with E-state index in [9.17, 15) is 8.42 Å². The second-order valence-electron chi connectivity index (χ2n) is 4.40. The number of para-hydroxylation sites is 1. The van der Waals surface area contributed by atoms with Crippen LogP contribution in [0.5, 0.6) is 5.75 Å². The number of nitrogens with one attached hydrogen (secondary N) is 1. The number of fused-ring (bicyclic) bond motifs is 1. The molecule has 0 unspecified atom stereocenters. The molecule has 7 heteroatoms. The number of hydrogen-bond acceptors (Lipinski definition) is 4. The lowest BCUT2D eigenvalue weighted by Crippen LogP contribution is -2.14. The lowest BCUT2D eigenvalue weighted by atomic mass is 10.3. The summed E-state index contributed by atoms with van der Waals surface area (Å²) >= 11 is 5.28. The Morgan fingerprint density at radius 2 is 2.10 bits per heavy atom. The Morgan fingerprint density at radius 1 is 1.35 bits per heavy atom. The Morgan fingerprint density at radius 3 is 2.75 bits per heavy atom. The molecule has 0 saturated carbocycles. The Hall–Kier alpha value is -1.34. The van der Waals surface area contributed by atoms with Gasteiger partial charge < -0.3 is 14.3 Å². The number of imidazole rings is 1. The molecule has 1 aromatic carbocycles. The molecule has 0 aliphatic carbocycles. The third-order valence-corrected chi connectivity index (χ3v) is 5.14. The van der Waals surface area contributed by atoms with E-state index in [0.29, 0.717) is 17.9 Å². The van der Waals surface area contributed by atoms with Gasteiger partial charge >= 0.3 is 0 Å². The molecular formula is C13H18N2O3S2. The number of nitrogens with zero attached hydrogens (tertiary/aromatic N) is 1. The molecule has 0 radical (unpaired) electrons. The molecule has 0 bridgehead atoms. The Balaban J connectivity index is 2.42. The summed E-state index contributed by atoms with van der Waals surface area (Å²) in [6, 6.07) is 5.65. The van der Waals surface area contributed by atoms with Gasteiger partial charge in [-0.1, -0.05) is 13.0 Å². The van der Waals surface area contributed by atoms with Crippen molar-refractivity contribution in [3.8, 4) is 5.75 Å². The van der Waals surface area contributed by atoms with Gasteiger partial charge in [0.1, 0.15) is 11.3 Å². The van der Waals surface area contributed by atoms with Crippen LogP contribution in [0.1, 0.15) is 13.8 Å². The van der Waals surface area contributed by atoms with Crippen molar-refractivity contribution in [1.29, 1.82) is 0 Å². The van der Waals surface area contributed by atoms with Crippen LogP contribution in [-0.2, 0) is 16.4 Å². The van der Waals surface area contributed by atoms with E-state index in [2.05, 4.69) is 4.98 Å². The predicted molar refractivity (Wildman–Crippen MR) is 82.6 cm³/mol. The van der Waals surface area contributed by atoms with Gasteiger partial charge in [0.2, 0.25) is 0 Å². The van der Waals surface area contributed by atoms with E-state index in [1.54, 1.807) is 11.5 Å². The Labute approximate surface area is 123 Å². The molecule has 0 saturated heterocycles. The van der Waals surface area contributed by atoms with E-state index in [-0.39, 0.29) is 11.5 Å². The first-order valence-electron chi connectivity index (χ1n) is 6.53. The number of benzene rings is 1. The second kappa shape index (κ2) is 5.97. The molecule has 0 fully saturated rings. The lowest BCUT2D eigenvalue weighted by Gasteiger charge is -2.06. The van der Waals surface area contributed by atoms with Crippen LogP contribution in [0.2, 0.25) is 0 Å². The molecule has 0 aliphatic heterocycles. The van der Waals surface area contributed by atoms with Crippen molar-refractivity contribution in [3.63, 3.8) is 0 Å². The maximum Gasteiger partial charge on any atom is 0.178 e. The fourth-order valence-corrected chi connectivity index (χ4v) is 3.07. The van der Waals surface area contributed by atoms with Gasteiger partial charge in [-0.25, -0.2) is 8.42 Å². The maximum absolute atomic E-state index is 11.6. The van der Waals surface area contributed by atoms with E-state index in [1.165, 1.54) is 0 Å². The molecule has 5 nitrogen and oxygen atoms in total. The van der Waals surface area contributed by atoms with Gasteiger partial charge in [0.05, 0.1) is 17.9 Å². The number of hydrogen-bond donors (Lipinski definition) is 1. The van der Waals surface area contributed by atoms with Crippen molar-refractivity contribution < 1.29 is 13.2 Å². The molecular weight excluding hydrogens is 296 g/mol. The van der Waals surface area contributed by atoms with E-state index < -0.39 is 9.84 Å². The fourth-order valence-electron chi connectivity index (χ4n) is 2.03. The zero-order valence-electron chi connectivity index (χ0n) is 11.5. The molecule has 0 spiro atoms. The number of aryl methyl sites for hydroxylation is 1. The highest BCUT2D eigenvalue weighted by molar-refractivity contribution is 7.91. The number of sulfone groups is 1. The predicted octanol–water partition coefficient (Wildman–Crippen LogP) is 2.53. The smallest absolute Gasteiger partial charge is 0.178 e. The highest BCUT2D eigenvalue weighted by Gasteiger charge is 2.12. The molecule has 0 aliphatic rings. The van der Waals surface area contributed by atoms with Gasteiger partial charge in [-0.3, -0.25) is 0 Å².